The number of amides is 1. The fourth-order valence-corrected chi connectivity index (χ4v) is 3.24. The van der Waals surface area contributed by atoms with Crippen molar-refractivity contribution in [2.75, 3.05) is 0 Å². The van der Waals surface area contributed by atoms with Crippen LogP contribution in [-0.4, -0.2) is 21.3 Å². The van der Waals surface area contributed by atoms with E-state index in [2.05, 4.69) is 17.2 Å². The highest BCUT2D eigenvalue weighted by Gasteiger charge is 2.22. The molecule has 0 atom stereocenters. The third-order valence-corrected chi connectivity index (χ3v) is 4.41. The van der Waals surface area contributed by atoms with Gasteiger partial charge in [0.2, 0.25) is 0 Å². The van der Waals surface area contributed by atoms with Gasteiger partial charge in [0.15, 0.2) is 0 Å². The Balaban J connectivity index is 1.94. The Morgan fingerprint density at radius 2 is 2.14 bits per heavy atom. The quantitative estimate of drug-likeness (QED) is 0.940. The van der Waals surface area contributed by atoms with E-state index in [-0.39, 0.29) is 5.91 Å². The standard InChI is InChI=1S/C17H23N3O/c1-3-14-15(17(21)18-13-9-5-4-6-10-13)20-11-7-8-12(2)16(20)19-14/h7-8,11,13H,3-6,9-10H2,1-2H3,(H,18,21). The van der Waals surface area contributed by atoms with E-state index >= 15 is 0 Å². The largest absolute Gasteiger partial charge is 0.348 e. The van der Waals surface area contributed by atoms with Gasteiger partial charge < -0.3 is 5.32 Å². The Kier molecular flexibility index (Phi) is 3.95. The van der Waals surface area contributed by atoms with Crippen molar-refractivity contribution in [2.45, 2.75) is 58.4 Å². The van der Waals surface area contributed by atoms with Gasteiger partial charge in [-0.05, 0) is 37.8 Å². The van der Waals surface area contributed by atoms with Crippen LogP contribution < -0.4 is 5.32 Å². The van der Waals surface area contributed by atoms with Gasteiger partial charge in [-0.1, -0.05) is 32.3 Å². The smallest absolute Gasteiger partial charge is 0.270 e. The Morgan fingerprint density at radius 3 is 2.86 bits per heavy atom. The van der Waals surface area contributed by atoms with E-state index in [0.29, 0.717) is 11.7 Å². The minimum Gasteiger partial charge on any atom is -0.348 e. The number of pyridine rings is 1. The first-order chi connectivity index (χ1) is 10.2. The minimum absolute atomic E-state index is 0.0249. The molecule has 2 aromatic rings. The molecule has 0 aromatic carbocycles. The van der Waals surface area contributed by atoms with Gasteiger partial charge in [-0.25, -0.2) is 4.98 Å². The highest BCUT2D eigenvalue weighted by molar-refractivity contribution is 5.95. The highest BCUT2D eigenvalue weighted by atomic mass is 16.2. The van der Waals surface area contributed by atoms with Gasteiger partial charge >= 0.3 is 0 Å². The third kappa shape index (κ3) is 2.67. The molecule has 21 heavy (non-hydrogen) atoms. The van der Waals surface area contributed by atoms with Crippen LogP contribution in [0.2, 0.25) is 0 Å². The number of hydrogen-bond donors (Lipinski definition) is 1. The second kappa shape index (κ2) is 5.88. The number of fused-ring (bicyclic) bond motifs is 1. The van der Waals surface area contributed by atoms with Crippen molar-refractivity contribution in [2.24, 2.45) is 0 Å². The summed E-state index contributed by atoms with van der Waals surface area (Å²) < 4.78 is 1.94. The van der Waals surface area contributed by atoms with Crippen molar-refractivity contribution in [1.29, 1.82) is 0 Å². The van der Waals surface area contributed by atoms with Gasteiger partial charge in [0, 0.05) is 12.2 Å². The van der Waals surface area contributed by atoms with Gasteiger partial charge in [-0.15, -0.1) is 0 Å². The molecule has 1 aliphatic carbocycles. The SMILES string of the molecule is CCc1nc2c(C)cccn2c1C(=O)NC1CCCCC1. The van der Waals surface area contributed by atoms with Crippen LogP contribution >= 0.6 is 0 Å². The number of nitrogens with zero attached hydrogens (tertiary/aromatic N) is 2. The summed E-state index contributed by atoms with van der Waals surface area (Å²) >= 11 is 0. The highest BCUT2D eigenvalue weighted by Crippen LogP contribution is 2.20. The lowest BCUT2D eigenvalue weighted by atomic mass is 9.95. The van der Waals surface area contributed by atoms with E-state index in [4.69, 9.17) is 0 Å². The van der Waals surface area contributed by atoms with E-state index in [1.807, 2.05) is 29.7 Å². The molecule has 0 spiro atoms. The second-order valence-electron chi connectivity index (χ2n) is 5.95. The molecule has 4 heteroatoms. The van der Waals surface area contributed by atoms with Crippen LogP contribution in [0.25, 0.3) is 5.65 Å². The van der Waals surface area contributed by atoms with Crippen molar-refractivity contribution >= 4 is 11.6 Å². The molecule has 0 radical (unpaired) electrons. The number of nitrogens with one attached hydrogen (secondary N) is 1. The predicted molar refractivity (Wildman–Crippen MR) is 83.6 cm³/mol. The summed E-state index contributed by atoms with van der Waals surface area (Å²) in [5.41, 5.74) is 3.59. The molecule has 1 amide bonds. The van der Waals surface area contributed by atoms with Crippen molar-refractivity contribution in [1.82, 2.24) is 14.7 Å². The van der Waals surface area contributed by atoms with Gasteiger partial charge in [0.25, 0.3) is 5.91 Å². The number of aryl methyl sites for hydroxylation is 2. The summed E-state index contributed by atoms with van der Waals surface area (Å²) in [7, 11) is 0. The Hall–Kier alpha value is -1.84. The fourth-order valence-electron chi connectivity index (χ4n) is 3.24. The van der Waals surface area contributed by atoms with Crippen molar-refractivity contribution < 1.29 is 4.79 Å². The van der Waals surface area contributed by atoms with Crippen LogP contribution in [-0.2, 0) is 6.42 Å². The van der Waals surface area contributed by atoms with E-state index in [1.165, 1.54) is 19.3 Å². The summed E-state index contributed by atoms with van der Waals surface area (Å²) in [5.74, 6) is 0.0249. The zero-order valence-corrected chi connectivity index (χ0v) is 12.9. The fraction of sp³-hybridized carbons (Fsp3) is 0.529. The molecule has 0 aliphatic heterocycles. The first-order valence-electron chi connectivity index (χ1n) is 7.98. The number of carbonyl (C=O) groups is 1. The molecule has 0 bridgehead atoms. The molecule has 1 N–H and O–H groups in total. The number of hydrogen-bond acceptors (Lipinski definition) is 2. The lowest BCUT2D eigenvalue weighted by Crippen LogP contribution is -2.37. The lowest BCUT2D eigenvalue weighted by molar-refractivity contribution is 0.0920. The molecule has 4 nitrogen and oxygen atoms in total. The van der Waals surface area contributed by atoms with E-state index in [0.717, 1.165) is 36.2 Å². The maximum Gasteiger partial charge on any atom is 0.270 e. The zero-order chi connectivity index (χ0) is 14.8. The summed E-state index contributed by atoms with van der Waals surface area (Å²) in [6.07, 6.45) is 8.64. The molecular weight excluding hydrogens is 262 g/mol. The molecule has 0 unspecified atom stereocenters. The van der Waals surface area contributed by atoms with Crippen LogP contribution in [0, 0.1) is 6.92 Å². The van der Waals surface area contributed by atoms with Crippen LogP contribution in [0.5, 0.6) is 0 Å². The molecule has 112 valence electrons. The first-order valence-corrected chi connectivity index (χ1v) is 7.98. The number of aromatic nitrogens is 2. The predicted octanol–water partition coefficient (Wildman–Crippen LogP) is 3.27. The first kappa shape index (κ1) is 14.1. The summed E-state index contributed by atoms with van der Waals surface area (Å²) in [5, 5.41) is 3.21. The van der Waals surface area contributed by atoms with E-state index < -0.39 is 0 Å². The normalized spacial score (nSPS) is 16.3. The molecule has 1 fully saturated rings. The summed E-state index contributed by atoms with van der Waals surface area (Å²) in [6.45, 7) is 4.08. The van der Waals surface area contributed by atoms with Gasteiger partial charge in [0.05, 0.1) is 5.69 Å². The maximum absolute atomic E-state index is 12.7. The van der Waals surface area contributed by atoms with Crippen molar-refractivity contribution in [3.05, 3.63) is 35.3 Å². The van der Waals surface area contributed by atoms with E-state index in [1.54, 1.807) is 0 Å². The molecule has 2 heterocycles. The van der Waals surface area contributed by atoms with Crippen molar-refractivity contribution in [3.8, 4) is 0 Å². The summed E-state index contributed by atoms with van der Waals surface area (Å²) in [6, 6.07) is 4.33. The molecule has 2 aromatic heterocycles. The molecule has 1 aliphatic rings. The number of rotatable bonds is 3. The van der Waals surface area contributed by atoms with E-state index in [9.17, 15) is 4.79 Å². The minimum atomic E-state index is 0.0249. The van der Waals surface area contributed by atoms with Crippen LogP contribution in [0.15, 0.2) is 18.3 Å². The van der Waals surface area contributed by atoms with Gasteiger partial charge in [-0.2, -0.15) is 0 Å². The third-order valence-electron chi connectivity index (χ3n) is 4.41. The monoisotopic (exact) mass is 285 g/mol. The molecular formula is C17H23N3O. The van der Waals surface area contributed by atoms with Crippen molar-refractivity contribution in [3.63, 3.8) is 0 Å². The molecule has 1 saturated carbocycles. The lowest BCUT2D eigenvalue weighted by Gasteiger charge is -2.22. The topological polar surface area (TPSA) is 46.4 Å². The number of carbonyl (C=O) groups excluding carboxylic acids is 1. The Morgan fingerprint density at radius 1 is 1.38 bits per heavy atom. The summed E-state index contributed by atoms with van der Waals surface area (Å²) in [4.78, 5) is 17.4. The molecule has 3 rings (SSSR count). The zero-order valence-electron chi connectivity index (χ0n) is 12.9. The van der Waals surface area contributed by atoms with Crippen LogP contribution in [0.3, 0.4) is 0 Å². The average Bonchev–Trinajstić information content (AvgIpc) is 2.88. The van der Waals surface area contributed by atoms with Gasteiger partial charge in [-0.3, -0.25) is 9.20 Å². The van der Waals surface area contributed by atoms with Crippen LogP contribution in [0.1, 0.15) is 60.8 Å². The Bertz CT molecular complexity index is 653. The number of imidazole rings is 1. The maximum atomic E-state index is 12.7. The van der Waals surface area contributed by atoms with Crippen LogP contribution in [0.4, 0.5) is 0 Å². The van der Waals surface area contributed by atoms with Gasteiger partial charge in [0.1, 0.15) is 11.3 Å². The average molecular weight is 285 g/mol. The Labute approximate surface area is 125 Å². The molecule has 0 saturated heterocycles. The second-order valence-corrected chi connectivity index (χ2v) is 5.95.